The maximum absolute atomic E-state index is 12.2. The van der Waals surface area contributed by atoms with E-state index in [0.29, 0.717) is 6.54 Å². The van der Waals surface area contributed by atoms with Crippen LogP contribution in [0.2, 0.25) is 0 Å². The van der Waals surface area contributed by atoms with Gasteiger partial charge in [0.15, 0.2) is 4.96 Å². The number of aromatic nitrogens is 5. The van der Waals surface area contributed by atoms with Crippen molar-refractivity contribution >= 4 is 16.3 Å². The van der Waals surface area contributed by atoms with Crippen LogP contribution in [0.25, 0.3) is 4.96 Å². The van der Waals surface area contributed by atoms with Gasteiger partial charge in [-0.1, -0.05) is 6.92 Å². The van der Waals surface area contributed by atoms with E-state index in [9.17, 15) is 4.79 Å². The number of hydrogen-bond acceptors (Lipinski definition) is 6. The van der Waals surface area contributed by atoms with E-state index in [1.807, 2.05) is 12.3 Å². The highest BCUT2D eigenvalue weighted by Crippen LogP contribution is 2.16. The minimum Gasteiger partial charge on any atom is -0.313 e. The molecule has 3 aromatic rings. The van der Waals surface area contributed by atoms with Gasteiger partial charge in [-0.3, -0.25) is 14.1 Å². The van der Waals surface area contributed by atoms with Crippen molar-refractivity contribution in [3.05, 3.63) is 44.8 Å². The topological polar surface area (TPSA) is 68.3 Å². The fourth-order valence-electron chi connectivity index (χ4n) is 3.08. The van der Waals surface area contributed by atoms with Gasteiger partial charge in [0.1, 0.15) is 11.6 Å². The lowest BCUT2D eigenvalue weighted by Gasteiger charge is -2.27. The summed E-state index contributed by atoms with van der Waals surface area (Å²) in [6.45, 7) is 7.25. The van der Waals surface area contributed by atoms with Crippen LogP contribution in [-0.4, -0.2) is 35.6 Å². The van der Waals surface area contributed by atoms with Crippen molar-refractivity contribution in [1.82, 2.24) is 29.0 Å². The maximum atomic E-state index is 12.2. The Morgan fingerprint density at radius 3 is 3.00 bits per heavy atom. The van der Waals surface area contributed by atoms with Gasteiger partial charge in [-0.15, -0.1) is 21.5 Å². The Kier molecular flexibility index (Phi) is 3.50. The Bertz CT molecular complexity index is 924. The number of fused-ring (bicyclic) bond motifs is 2. The average Bonchev–Trinajstić information content (AvgIpc) is 3.10. The average molecular weight is 330 g/mol. The lowest BCUT2D eigenvalue weighted by atomic mass is 10.3. The molecule has 0 fully saturated rings. The highest BCUT2D eigenvalue weighted by molar-refractivity contribution is 7.15. The van der Waals surface area contributed by atoms with Crippen LogP contribution in [0.4, 0.5) is 0 Å². The summed E-state index contributed by atoms with van der Waals surface area (Å²) in [6, 6.07) is 1.64. The second-order valence-corrected chi connectivity index (χ2v) is 6.67. The van der Waals surface area contributed by atoms with Crippen LogP contribution < -0.4 is 5.56 Å². The molecule has 0 spiro atoms. The summed E-state index contributed by atoms with van der Waals surface area (Å²) < 4.78 is 3.86. The maximum Gasteiger partial charge on any atom is 0.259 e. The fourth-order valence-corrected chi connectivity index (χ4v) is 3.97. The summed E-state index contributed by atoms with van der Waals surface area (Å²) in [5, 5.41) is 10.5. The van der Waals surface area contributed by atoms with Crippen LogP contribution in [0.5, 0.6) is 0 Å². The van der Waals surface area contributed by atoms with Crippen LogP contribution in [-0.2, 0) is 26.1 Å². The molecule has 1 aliphatic rings. The van der Waals surface area contributed by atoms with E-state index in [0.717, 1.165) is 54.1 Å². The minimum absolute atomic E-state index is 0.00260. The first-order valence-electron chi connectivity index (χ1n) is 7.76. The van der Waals surface area contributed by atoms with Gasteiger partial charge in [0.05, 0.1) is 12.2 Å². The van der Waals surface area contributed by atoms with Crippen molar-refractivity contribution in [3.63, 3.8) is 0 Å². The molecule has 0 N–H and O–H groups in total. The van der Waals surface area contributed by atoms with E-state index in [1.54, 1.807) is 10.5 Å². The van der Waals surface area contributed by atoms with Crippen molar-refractivity contribution in [1.29, 1.82) is 0 Å². The lowest BCUT2D eigenvalue weighted by Crippen LogP contribution is -2.34. The summed E-state index contributed by atoms with van der Waals surface area (Å²) in [7, 11) is 0. The fraction of sp³-hybridized carbons (Fsp3) is 0.467. The molecule has 0 saturated heterocycles. The molecule has 0 bridgehead atoms. The van der Waals surface area contributed by atoms with Crippen molar-refractivity contribution in [3.8, 4) is 0 Å². The largest absolute Gasteiger partial charge is 0.313 e. The van der Waals surface area contributed by atoms with Gasteiger partial charge in [-0.2, -0.15) is 0 Å². The van der Waals surface area contributed by atoms with Gasteiger partial charge in [0, 0.05) is 43.2 Å². The van der Waals surface area contributed by atoms with Gasteiger partial charge >= 0.3 is 0 Å². The first-order valence-corrected chi connectivity index (χ1v) is 8.63. The van der Waals surface area contributed by atoms with Crippen LogP contribution >= 0.6 is 11.3 Å². The van der Waals surface area contributed by atoms with Crippen molar-refractivity contribution < 1.29 is 0 Å². The minimum atomic E-state index is -0.00260. The zero-order valence-electron chi connectivity index (χ0n) is 13.2. The Balaban J connectivity index is 1.58. The molecule has 0 aromatic carbocycles. The van der Waals surface area contributed by atoms with Crippen LogP contribution in [0.15, 0.2) is 16.2 Å². The molecular weight excluding hydrogens is 312 g/mol. The van der Waals surface area contributed by atoms with Gasteiger partial charge in [-0.05, 0) is 6.92 Å². The zero-order valence-corrected chi connectivity index (χ0v) is 14.0. The number of hydrogen-bond donors (Lipinski definition) is 0. The van der Waals surface area contributed by atoms with E-state index in [1.165, 1.54) is 11.3 Å². The third kappa shape index (κ3) is 2.47. The molecule has 0 unspecified atom stereocenters. The van der Waals surface area contributed by atoms with Crippen LogP contribution in [0.1, 0.15) is 30.0 Å². The normalized spacial score (nSPS) is 15.2. The molecule has 8 heteroatoms. The second kappa shape index (κ2) is 5.54. The highest BCUT2D eigenvalue weighted by Gasteiger charge is 2.21. The molecule has 23 heavy (non-hydrogen) atoms. The van der Waals surface area contributed by atoms with Gasteiger partial charge < -0.3 is 4.57 Å². The smallest absolute Gasteiger partial charge is 0.259 e. The Hall–Kier alpha value is -2.06. The van der Waals surface area contributed by atoms with E-state index in [4.69, 9.17) is 0 Å². The Morgan fingerprint density at radius 2 is 2.17 bits per heavy atom. The summed E-state index contributed by atoms with van der Waals surface area (Å²) in [6.07, 6.45) is 0.902. The molecule has 0 radical (unpaired) electrons. The second-order valence-electron chi connectivity index (χ2n) is 5.83. The lowest BCUT2D eigenvalue weighted by molar-refractivity contribution is 0.205. The van der Waals surface area contributed by atoms with Gasteiger partial charge in [0.25, 0.3) is 5.56 Å². The predicted molar refractivity (Wildman–Crippen MR) is 87.6 cm³/mol. The number of thiazole rings is 1. The summed E-state index contributed by atoms with van der Waals surface area (Å²) in [5.74, 6) is 2.05. The van der Waals surface area contributed by atoms with Gasteiger partial charge in [0.2, 0.25) is 0 Å². The molecule has 120 valence electrons. The van der Waals surface area contributed by atoms with Crippen LogP contribution in [0, 0.1) is 6.92 Å². The number of nitrogens with zero attached hydrogens (tertiary/aromatic N) is 6. The van der Waals surface area contributed by atoms with Crippen molar-refractivity contribution in [2.45, 2.75) is 39.9 Å². The third-order valence-electron chi connectivity index (χ3n) is 4.24. The molecule has 0 atom stereocenters. The molecule has 0 amide bonds. The monoisotopic (exact) mass is 330 g/mol. The Labute approximate surface area is 137 Å². The molecule has 1 aliphatic heterocycles. The van der Waals surface area contributed by atoms with E-state index >= 15 is 0 Å². The number of aryl methyl sites for hydroxylation is 2. The zero-order chi connectivity index (χ0) is 16.0. The van der Waals surface area contributed by atoms with Crippen molar-refractivity contribution in [2.24, 2.45) is 0 Å². The molecule has 3 aromatic heterocycles. The highest BCUT2D eigenvalue weighted by atomic mass is 32.1. The summed E-state index contributed by atoms with van der Waals surface area (Å²) in [5.41, 5.74) is 1.75. The van der Waals surface area contributed by atoms with E-state index in [-0.39, 0.29) is 5.56 Å². The van der Waals surface area contributed by atoms with Crippen molar-refractivity contribution in [2.75, 3.05) is 6.54 Å². The summed E-state index contributed by atoms with van der Waals surface area (Å²) in [4.78, 5) is 19.9. The molecule has 0 aliphatic carbocycles. The molecule has 0 saturated carbocycles. The quantitative estimate of drug-likeness (QED) is 0.723. The van der Waals surface area contributed by atoms with E-state index < -0.39 is 0 Å². The first-order chi connectivity index (χ1) is 11.2. The van der Waals surface area contributed by atoms with Crippen LogP contribution in [0.3, 0.4) is 0 Å². The standard InChI is InChI=1S/C15H18N6OS/c1-3-12-17-18-13-8-19(4-5-20(12)13)7-11-6-14(22)21-10(2)9-23-15(21)16-11/h6,9H,3-5,7-8H2,1-2H3. The third-order valence-corrected chi connectivity index (χ3v) is 5.18. The van der Waals surface area contributed by atoms with E-state index in [2.05, 4.69) is 31.6 Å². The SMILES string of the molecule is CCc1nnc2n1CCN(Cc1cc(=O)n3c(C)csc3n1)C2. The Morgan fingerprint density at radius 1 is 1.30 bits per heavy atom. The molecular formula is C15H18N6OS. The van der Waals surface area contributed by atoms with Gasteiger partial charge in [-0.25, -0.2) is 4.98 Å². The molecule has 4 heterocycles. The molecule has 7 nitrogen and oxygen atoms in total. The number of rotatable bonds is 3. The molecule has 4 rings (SSSR count). The first kappa shape index (κ1) is 14.5. The summed E-state index contributed by atoms with van der Waals surface area (Å²) >= 11 is 1.51. The predicted octanol–water partition coefficient (Wildman–Crippen LogP) is 1.23.